The summed E-state index contributed by atoms with van der Waals surface area (Å²) in [5.74, 6) is -0.109. The first kappa shape index (κ1) is 24.5. The predicted octanol–water partition coefficient (Wildman–Crippen LogP) is 2.25. The average molecular weight is 476 g/mol. The first-order valence-electron chi connectivity index (χ1n) is 10.6. The minimum absolute atomic E-state index is 0.0599. The van der Waals surface area contributed by atoms with Gasteiger partial charge < -0.3 is 20.1 Å². The van der Waals surface area contributed by atoms with Gasteiger partial charge in [-0.3, -0.25) is 9.59 Å². The highest BCUT2D eigenvalue weighted by atomic mass is 32.2. The maximum atomic E-state index is 13.0. The van der Waals surface area contributed by atoms with Crippen molar-refractivity contribution in [3.8, 4) is 11.5 Å². The molecular weight excluding hydrogens is 446 g/mol. The maximum Gasteiger partial charge on any atom is 0.246 e. The Morgan fingerprint density at radius 1 is 1.06 bits per heavy atom. The van der Waals surface area contributed by atoms with Crippen molar-refractivity contribution in [2.24, 2.45) is 5.92 Å². The van der Waals surface area contributed by atoms with Crippen LogP contribution in [0.4, 0.5) is 5.69 Å². The van der Waals surface area contributed by atoms with Gasteiger partial charge in [-0.2, -0.15) is 4.31 Å². The van der Waals surface area contributed by atoms with Crippen LogP contribution in [0.1, 0.15) is 19.8 Å². The van der Waals surface area contributed by atoms with Crippen LogP contribution in [-0.2, 0) is 19.6 Å². The molecule has 0 aliphatic carbocycles. The molecule has 1 saturated heterocycles. The molecule has 2 aromatic rings. The second-order valence-corrected chi connectivity index (χ2v) is 9.77. The largest absolute Gasteiger partial charge is 0.497 e. The second-order valence-electron chi connectivity index (χ2n) is 7.83. The van der Waals surface area contributed by atoms with E-state index in [-0.39, 0.29) is 23.3 Å². The number of benzene rings is 2. The van der Waals surface area contributed by atoms with Gasteiger partial charge >= 0.3 is 0 Å². The van der Waals surface area contributed by atoms with Crippen LogP contribution >= 0.6 is 0 Å². The van der Waals surface area contributed by atoms with E-state index >= 15 is 0 Å². The molecule has 178 valence electrons. The second kappa shape index (κ2) is 10.7. The van der Waals surface area contributed by atoms with E-state index < -0.39 is 22.0 Å². The lowest BCUT2D eigenvalue weighted by molar-refractivity contribution is -0.129. The maximum absolute atomic E-state index is 13.0. The average Bonchev–Trinajstić information content (AvgIpc) is 2.84. The molecule has 10 heteroatoms. The summed E-state index contributed by atoms with van der Waals surface area (Å²) in [6, 6.07) is 12.3. The Balaban J connectivity index is 1.60. The molecule has 0 unspecified atom stereocenters. The van der Waals surface area contributed by atoms with Gasteiger partial charge in [0.15, 0.2) is 0 Å². The Bertz CT molecular complexity index is 1090. The Kier molecular flexibility index (Phi) is 7.93. The van der Waals surface area contributed by atoms with E-state index in [1.54, 1.807) is 43.3 Å². The van der Waals surface area contributed by atoms with E-state index in [0.717, 1.165) is 0 Å². The van der Waals surface area contributed by atoms with E-state index in [0.29, 0.717) is 36.6 Å². The molecule has 3 rings (SSSR count). The lowest BCUT2D eigenvalue weighted by Crippen LogP contribution is -2.49. The van der Waals surface area contributed by atoms with Crippen LogP contribution in [0.25, 0.3) is 0 Å². The van der Waals surface area contributed by atoms with Crippen LogP contribution in [0.5, 0.6) is 11.5 Å². The van der Waals surface area contributed by atoms with Gasteiger partial charge in [0.1, 0.15) is 17.5 Å². The zero-order valence-electron chi connectivity index (χ0n) is 18.9. The number of methoxy groups -OCH3 is 2. The number of hydrogen-bond acceptors (Lipinski definition) is 6. The van der Waals surface area contributed by atoms with E-state index in [1.807, 2.05) is 0 Å². The molecule has 33 heavy (non-hydrogen) atoms. The number of sulfonamides is 1. The molecule has 1 fully saturated rings. The van der Waals surface area contributed by atoms with E-state index in [9.17, 15) is 18.0 Å². The number of piperidine rings is 1. The first-order chi connectivity index (χ1) is 15.7. The normalized spacial score (nSPS) is 17.6. The summed E-state index contributed by atoms with van der Waals surface area (Å²) in [6.45, 7) is 1.98. The number of carbonyl (C=O) groups excluding carboxylic acids is 2. The predicted molar refractivity (Wildman–Crippen MR) is 124 cm³/mol. The molecule has 2 atom stereocenters. The van der Waals surface area contributed by atoms with Gasteiger partial charge in [-0.05, 0) is 56.2 Å². The zero-order valence-corrected chi connectivity index (χ0v) is 19.7. The number of nitrogens with zero attached hydrogens (tertiary/aromatic N) is 1. The van der Waals surface area contributed by atoms with Gasteiger partial charge in [0, 0.05) is 24.8 Å². The van der Waals surface area contributed by atoms with Crippen molar-refractivity contribution >= 4 is 27.5 Å². The van der Waals surface area contributed by atoms with Crippen LogP contribution in [-0.4, -0.2) is 57.9 Å². The fourth-order valence-electron chi connectivity index (χ4n) is 3.62. The van der Waals surface area contributed by atoms with Crippen molar-refractivity contribution in [3.63, 3.8) is 0 Å². The van der Waals surface area contributed by atoms with Crippen molar-refractivity contribution in [2.75, 3.05) is 32.6 Å². The minimum Gasteiger partial charge on any atom is -0.497 e. The molecule has 2 aromatic carbocycles. The van der Waals surface area contributed by atoms with Crippen LogP contribution in [0.2, 0.25) is 0 Å². The smallest absolute Gasteiger partial charge is 0.246 e. The van der Waals surface area contributed by atoms with Crippen LogP contribution in [0.15, 0.2) is 53.4 Å². The lowest BCUT2D eigenvalue weighted by Gasteiger charge is -2.31. The van der Waals surface area contributed by atoms with Crippen molar-refractivity contribution < 1.29 is 27.5 Å². The number of ether oxygens (including phenoxy) is 2. The molecule has 0 aromatic heterocycles. The summed E-state index contributed by atoms with van der Waals surface area (Å²) in [5.41, 5.74) is 0.551. The number of amides is 2. The number of hydrogen-bond donors (Lipinski definition) is 2. The van der Waals surface area contributed by atoms with E-state index in [2.05, 4.69) is 10.6 Å². The number of nitrogens with one attached hydrogen (secondary N) is 2. The SMILES string of the molecule is COc1ccc(S(=O)(=O)N2CCC[C@H](C(=O)N[C@@H](C)C(=O)Nc3cccc(OC)c3)C2)cc1. The van der Waals surface area contributed by atoms with Gasteiger partial charge in [0.05, 0.1) is 25.0 Å². The fourth-order valence-corrected chi connectivity index (χ4v) is 5.14. The molecular formula is C23H29N3O6S. The molecule has 0 radical (unpaired) electrons. The summed E-state index contributed by atoms with van der Waals surface area (Å²) in [5, 5.41) is 5.44. The van der Waals surface area contributed by atoms with E-state index in [4.69, 9.17) is 9.47 Å². The summed E-state index contributed by atoms with van der Waals surface area (Å²) in [4.78, 5) is 25.5. The fraction of sp³-hybridized carbons (Fsp3) is 0.391. The molecule has 1 aliphatic heterocycles. The molecule has 1 aliphatic rings. The van der Waals surface area contributed by atoms with Crippen molar-refractivity contribution in [1.29, 1.82) is 0 Å². The van der Waals surface area contributed by atoms with Crippen molar-refractivity contribution in [3.05, 3.63) is 48.5 Å². The molecule has 9 nitrogen and oxygen atoms in total. The van der Waals surface area contributed by atoms with Gasteiger partial charge in [0.2, 0.25) is 21.8 Å². The highest BCUT2D eigenvalue weighted by Crippen LogP contribution is 2.25. The Morgan fingerprint density at radius 3 is 2.42 bits per heavy atom. The topological polar surface area (TPSA) is 114 Å². The molecule has 0 spiro atoms. The van der Waals surface area contributed by atoms with Crippen LogP contribution in [0, 0.1) is 5.92 Å². The third-order valence-corrected chi connectivity index (χ3v) is 7.42. The van der Waals surface area contributed by atoms with Crippen molar-refractivity contribution in [1.82, 2.24) is 9.62 Å². The summed E-state index contributed by atoms with van der Waals surface area (Å²) in [7, 11) is -0.696. The zero-order chi connectivity index (χ0) is 24.0. The highest BCUT2D eigenvalue weighted by molar-refractivity contribution is 7.89. The standard InChI is InChI=1S/C23H29N3O6S/c1-16(22(27)25-18-7-4-8-20(14-18)32-3)24-23(28)17-6-5-13-26(15-17)33(29,30)21-11-9-19(31-2)10-12-21/h4,7-12,14,16-17H,5-6,13,15H2,1-3H3,(H,24,28)(H,25,27)/t16-,17-/m0/s1. The van der Waals surface area contributed by atoms with E-state index in [1.165, 1.54) is 30.7 Å². The van der Waals surface area contributed by atoms with Gasteiger partial charge in [-0.15, -0.1) is 0 Å². The van der Waals surface area contributed by atoms with Crippen LogP contribution < -0.4 is 20.1 Å². The monoisotopic (exact) mass is 475 g/mol. The quantitative estimate of drug-likeness (QED) is 0.605. The number of rotatable bonds is 8. The third-order valence-electron chi connectivity index (χ3n) is 5.54. The Morgan fingerprint density at radius 2 is 1.76 bits per heavy atom. The minimum atomic E-state index is -3.74. The summed E-state index contributed by atoms with van der Waals surface area (Å²) >= 11 is 0. The molecule has 0 saturated carbocycles. The van der Waals surface area contributed by atoms with Gasteiger partial charge in [-0.1, -0.05) is 6.07 Å². The molecule has 2 N–H and O–H groups in total. The number of carbonyl (C=O) groups is 2. The third kappa shape index (κ3) is 6.02. The van der Waals surface area contributed by atoms with Gasteiger partial charge in [0.25, 0.3) is 0 Å². The summed E-state index contributed by atoms with van der Waals surface area (Å²) < 4.78 is 37.6. The highest BCUT2D eigenvalue weighted by Gasteiger charge is 2.34. The first-order valence-corrected chi connectivity index (χ1v) is 12.1. The Hall–Kier alpha value is -3.11. The molecule has 1 heterocycles. The van der Waals surface area contributed by atoms with Crippen molar-refractivity contribution in [2.45, 2.75) is 30.7 Å². The lowest BCUT2D eigenvalue weighted by atomic mass is 9.98. The van der Waals surface area contributed by atoms with Crippen LogP contribution in [0.3, 0.4) is 0 Å². The molecule has 0 bridgehead atoms. The molecule has 2 amide bonds. The number of anilines is 1. The Labute approximate surface area is 194 Å². The summed E-state index contributed by atoms with van der Waals surface area (Å²) in [6.07, 6.45) is 1.10. The van der Waals surface area contributed by atoms with Gasteiger partial charge in [-0.25, -0.2) is 8.42 Å².